The third kappa shape index (κ3) is 3.36. The average Bonchev–Trinajstić information content (AvgIpc) is 3.22. The molecule has 30 heavy (non-hydrogen) atoms. The van der Waals surface area contributed by atoms with Gasteiger partial charge in [0.25, 0.3) is 0 Å². The van der Waals surface area contributed by atoms with Crippen LogP contribution in [-0.4, -0.2) is 44.7 Å². The van der Waals surface area contributed by atoms with Crippen LogP contribution in [0.3, 0.4) is 0 Å². The summed E-state index contributed by atoms with van der Waals surface area (Å²) >= 11 is 3.65. The lowest BCUT2D eigenvalue weighted by Gasteiger charge is -2.30. The summed E-state index contributed by atoms with van der Waals surface area (Å²) in [5, 5.41) is 6.59. The van der Waals surface area contributed by atoms with E-state index in [1.54, 1.807) is 10.7 Å². The Hall–Kier alpha value is -2.81. The van der Waals surface area contributed by atoms with Gasteiger partial charge in [0.1, 0.15) is 5.82 Å². The lowest BCUT2D eigenvalue weighted by molar-refractivity contribution is 0.177. The van der Waals surface area contributed by atoms with Crippen molar-refractivity contribution in [3.05, 3.63) is 65.0 Å². The molecule has 1 atom stereocenters. The Bertz CT molecular complexity index is 1180. The molecule has 8 heteroatoms. The minimum atomic E-state index is 0.282. The van der Waals surface area contributed by atoms with E-state index in [0.717, 1.165) is 57.7 Å². The highest BCUT2D eigenvalue weighted by molar-refractivity contribution is 9.10. The molecule has 7 nitrogen and oxygen atoms in total. The van der Waals surface area contributed by atoms with E-state index in [0.29, 0.717) is 5.82 Å². The van der Waals surface area contributed by atoms with Crippen molar-refractivity contribution < 1.29 is 0 Å². The number of anilines is 1. The third-order valence-corrected chi connectivity index (χ3v) is 6.41. The van der Waals surface area contributed by atoms with Crippen molar-refractivity contribution in [1.82, 2.24) is 30.0 Å². The van der Waals surface area contributed by atoms with Crippen molar-refractivity contribution in [2.45, 2.75) is 12.3 Å². The third-order valence-electron chi connectivity index (χ3n) is 5.60. The molecule has 1 fully saturated rings. The fourth-order valence-corrected chi connectivity index (χ4v) is 4.43. The molecular weight excluding hydrogens is 442 g/mol. The number of nitrogens with one attached hydrogen (secondary N) is 1. The summed E-state index contributed by atoms with van der Waals surface area (Å²) in [7, 11) is 2.05. The number of benzene rings is 1. The van der Waals surface area contributed by atoms with Crippen LogP contribution in [0.25, 0.3) is 28.0 Å². The molecule has 5 rings (SSSR count). The smallest absolute Gasteiger partial charge is 0.165 e. The van der Waals surface area contributed by atoms with Gasteiger partial charge in [-0.05, 0) is 28.4 Å². The Balaban J connectivity index is 1.55. The molecule has 0 radical (unpaired) electrons. The van der Waals surface area contributed by atoms with Crippen LogP contribution >= 0.6 is 15.9 Å². The number of hydrogen-bond donors (Lipinski definition) is 2. The summed E-state index contributed by atoms with van der Waals surface area (Å²) in [4.78, 5) is 9.64. The Labute approximate surface area is 183 Å². The van der Waals surface area contributed by atoms with E-state index in [1.165, 1.54) is 0 Å². The molecule has 1 aliphatic rings. The van der Waals surface area contributed by atoms with Gasteiger partial charge in [-0.3, -0.25) is 10.4 Å². The summed E-state index contributed by atoms with van der Waals surface area (Å²) in [6.07, 6.45) is 4.69. The van der Waals surface area contributed by atoms with Gasteiger partial charge in [0, 0.05) is 48.9 Å². The molecule has 0 aliphatic carbocycles. The number of rotatable bonds is 3. The summed E-state index contributed by atoms with van der Waals surface area (Å²) in [6.45, 7) is 1.79. The highest BCUT2D eigenvalue weighted by Crippen LogP contribution is 2.34. The van der Waals surface area contributed by atoms with E-state index >= 15 is 0 Å². The molecule has 1 saturated heterocycles. The predicted molar refractivity (Wildman–Crippen MR) is 122 cm³/mol. The van der Waals surface area contributed by atoms with Gasteiger partial charge < -0.3 is 5.73 Å². The lowest BCUT2D eigenvalue weighted by Crippen LogP contribution is -2.43. The molecule has 152 valence electrons. The second-order valence-electron chi connectivity index (χ2n) is 7.56. The summed E-state index contributed by atoms with van der Waals surface area (Å²) < 4.78 is 2.51. The Morgan fingerprint density at radius 1 is 1.10 bits per heavy atom. The Morgan fingerprint density at radius 3 is 2.63 bits per heavy atom. The zero-order valence-corrected chi connectivity index (χ0v) is 18.2. The number of fused-ring (bicyclic) bond motifs is 1. The highest BCUT2D eigenvalue weighted by Gasteiger charge is 2.25. The first kappa shape index (κ1) is 19.2. The molecule has 0 saturated carbocycles. The number of nitrogen functional groups attached to an aromatic ring is 1. The van der Waals surface area contributed by atoms with Gasteiger partial charge >= 0.3 is 0 Å². The normalized spacial score (nSPS) is 17.5. The standard InChI is InChI=1S/C22H22BrN7/c1-29-10-9-16(12-26-29)20-19(23)21(24)30-22(28-20)17(13-27-30)15-7-8-18(25-11-15)14-5-3-2-4-6-14/h2-8,11,13,16,26H,9-10,12,24H2,1H3. The largest absolute Gasteiger partial charge is 0.383 e. The van der Waals surface area contributed by atoms with Gasteiger partial charge in [0.05, 0.1) is 22.1 Å². The molecule has 0 spiro atoms. The molecule has 3 aromatic heterocycles. The predicted octanol–water partition coefficient (Wildman–Crippen LogP) is 3.73. The van der Waals surface area contributed by atoms with E-state index in [1.807, 2.05) is 30.5 Å². The number of nitrogens with zero attached hydrogens (tertiary/aromatic N) is 5. The second kappa shape index (κ2) is 7.79. The highest BCUT2D eigenvalue weighted by atomic mass is 79.9. The molecule has 1 aliphatic heterocycles. The number of hydrazine groups is 1. The number of nitrogens with two attached hydrogens (primary N) is 1. The number of pyridine rings is 1. The van der Waals surface area contributed by atoms with Crippen LogP contribution in [0.5, 0.6) is 0 Å². The summed E-state index contributed by atoms with van der Waals surface area (Å²) in [5.41, 5.74) is 15.4. The van der Waals surface area contributed by atoms with Gasteiger partial charge in [0.15, 0.2) is 5.65 Å². The van der Waals surface area contributed by atoms with Crippen molar-refractivity contribution in [3.8, 4) is 22.4 Å². The summed E-state index contributed by atoms with van der Waals surface area (Å²) in [5.74, 6) is 0.846. The maximum absolute atomic E-state index is 6.41. The van der Waals surface area contributed by atoms with Gasteiger partial charge in [0.2, 0.25) is 0 Å². The van der Waals surface area contributed by atoms with Crippen molar-refractivity contribution >= 4 is 27.4 Å². The topological polar surface area (TPSA) is 84.4 Å². The zero-order valence-electron chi connectivity index (χ0n) is 16.6. The number of aromatic nitrogens is 4. The van der Waals surface area contributed by atoms with E-state index in [9.17, 15) is 0 Å². The fourth-order valence-electron chi connectivity index (χ4n) is 3.85. The Kier molecular flexibility index (Phi) is 4.98. The first-order valence-corrected chi connectivity index (χ1v) is 10.7. The maximum Gasteiger partial charge on any atom is 0.165 e. The molecule has 4 heterocycles. The van der Waals surface area contributed by atoms with Crippen LogP contribution in [0.2, 0.25) is 0 Å². The number of halogens is 1. The van der Waals surface area contributed by atoms with Crippen molar-refractivity contribution in [1.29, 1.82) is 0 Å². The number of hydrogen-bond acceptors (Lipinski definition) is 6. The van der Waals surface area contributed by atoms with Crippen LogP contribution in [0.4, 0.5) is 5.82 Å². The van der Waals surface area contributed by atoms with Crippen molar-refractivity contribution in [3.63, 3.8) is 0 Å². The van der Waals surface area contributed by atoms with Crippen molar-refractivity contribution in [2.24, 2.45) is 0 Å². The van der Waals surface area contributed by atoms with Gasteiger partial charge in [-0.15, -0.1) is 0 Å². The fraction of sp³-hybridized carbons (Fsp3) is 0.227. The molecule has 1 aromatic carbocycles. The van der Waals surface area contributed by atoms with Gasteiger partial charge in [-0.2, -0.15) is 9.61 Å². The van der Waals surface area contributed by atoms with Crippen LogP contribution in [0.15, 0.2) is 59.3 Å². The molecule has 3 N–H and O–H groups in total. The molecule has 0 bridgehead atoms. The quantitative estimate of drug-likeness (QED) is 0.481. The maximum atomic E-state index is 6.41. The Morgan fingerprint density at radius 2 is 1.93 bits per heavy atom. The molecule has 1 unspecified atom stereocenters. The first-order chi connectivity index (χ1) is 14.6. The van der Waals surface area contributed by atoms with Crippen molar-refractivity contribution in [2.75, 3.05) is 25.9 Å². The average molecular weight is 464 g/mol. The summed E-state index contributed by atoms with van der Waals surface area (Å²) in [6, 6.07) is 14.2. The monoisotopic (exact) mass is 463 g/mol. The minimum Gasteiger partial charge on any atom is -0.383 e. The first-order valence-electron chi connectivity index (χ1n) is 9.91. The van der Waals surface area contributed by atoms with Gasteiger partial charge in [-0.1, -0.05) is 36.4 Å². The van der Waals surface area contributed by atoms with Crippen LogP contribution in [0.1, 0.15) is 18.0 Å². The molecule has 4 aromatic rings. The minimum absolute atomic E-state index is 0.282. The molecular formula is C22H22BrN7. The SMILES string of the molecule is CN1CCC(c2nc3c(-c4ccc(-c5ccccc5)nc4)cnn3c(N)c2Br)CN1. The second-order valence-corrected chi connectivity index (χ2v) is 8.35. The van der Waals surface area contributed by atoms with Gasteiger partial charge in [-0.25, -0.2) is 9.99 Å². The lowest BCUT2D eigenvalue weighted by atomic mass is 9.99. The van der Waals surface area contributed by atoms with Crippen LogP contribution in [-0.2, 0) is 0 Å². The van der Waals surface area contributed by atoms with Crippen LogP contribution in [0, 0.1) is 0 Å². The van der Waals surface area contributed by atoms with E-state index in [4.69, 9.17) is 10.7 Å². The van der Waals surface area contributed by atoms with Crippen LogP contribution < -0.4 is 11.2 Å². The zero-order chi connectivity index (χ0) is 20.7. The van der Waals surface area contributed by atoms with E-state index in [-0.39, 0.29) is 5.92 Å². The van der Waals surface area contributed by atoms with E-state index < -0.39 is 0 Å². The molecule has 0 amide bonds. The van der Waals surface area contributed by atoms with E-state index in [2.05, 4.69) is 61.7 Å².